The number of H-pyrrole nitrogens is 1. The molecule has 0 spiro atoms. The van der Waals surface area contributed by atoms with Crippen LogP contribution in [-0.4, -0.2) is 32.7 Å². The van der Waals surface area contributed by atoms with Crippen LogP contribution in [-0.2, 0) is 9.84 Å². The van der Waals surface area contributed by atoms with E-state index in [2.05, 4.69) is 22.0 Å². The van der Waals surface area contributed by atoms with Gasteiger partial charge in [-0.3, -0.25) is 0 Å². The summed E-state index contributed by atoms with van der Waals surface area (Å²) >= 11 is 0. The quantitative estimate of drug-likeness (QED) is 0.788. The van der Waals surface area contributed by atoms with Gasteiger partial charge in [-0.05, 0) is 43.2 Å². The normalized spacial score (nSPS) is 15.3. The Morgan fingerprint density at radius 2 is 1.75 bits per heavy atom. The predicted molar refractivity (Wildman–Crippen MR) is 98.3 cm³/mol. The molecule has 0 bridgehead atoms. The van der Waals surface area contributed by atoms with Gasteiger partial charge in [0, 0.05) is 47.2 Å². The van der Waals surface area contributed by atoms with Crippen molar-refractivity contribution < 1.29 is 8.42 Å². The second kappa shape index (κ2) is 5.67. The molecule has 4 rings (SSSR count). The van der Waals surface area contributed by atoms with Gasteiger partial charge in [0.15, 0.2) is 9.84 Å². The molecule has 0 amide bonds. The van der Waals surface area contributed by atoms with Crippen LogP contribution in [0, 0.1) is 0 Å². The number of sulfone groups is 1. The van der Waals surface area contributed by atoms with Crippen LogP contribution in [0.3, 0.4) is 0 Å². The number of hydrogen-bond acceptors (Lipinski definition) is 3. The number of anilines is 1. The largest absolute Gasteiger partial charge is 0.371 e. The minimum absolute atomic E-state index is 0.360. The highest BCUT2D eigenvalue weighted by atomic mass is 32.2. The first-order valence-electron chi connectivity index (χ1n) is 8.19. The molecular weight excluding hydrogens is 320 g/mol. The number of rotatable bonds is 3. The molecule has 0 aliphatic carbocycles. The van der Waals surface area contributed by atoms with Crippen LogP contribution < -0.4 is 4.90 Å². The second-order valence-electron chi connectivity index (χ2n) is 6.42. The second-order valence-corrected chi connectivity index (χ2v) is 8.43. The van der Waals surface area contributed by atoms with E-state index < -0.39 is 9.84 Å². The summed E-state index contributed by atoms with van der Waals surface area (Å²) in [5, 5.41) is 1.13. The topological polar surface area (TPSA) is 53.2 Å². The summed E-state index contributed by atoms with van der Waals surface area (Å²) in [5.41, 5.74) is 4.08. The molecule has 1 aromatic heterocycles. The van der Waals surface area contributed by atoms with Crippen molar-refractivity contribution in [3.8, 4) is 11.3 Å². The van der Waals surface area contributed by atoms with Gasteiger partial charge in [0.1, 0.15) is 0 Å². The van der Waals surface area contributed by atoms with E-state index in [4.69, 9.17) is 0 Å². The number of nitrogens with zero attached hydrogens (tertiary/aromatic N) is 1. The van der Waals surface area contributed by atoms with Crippen molar-refractivity contribution in [1.29, 1.82) is 0 Å². The lowest BCUT2D eigenvalue weighted by atomic mass is 10.1. The summed E-state index contributed by atoms with van der Waals surface area (Å²) in [6.45, 7) is 2.04. The Hall–Kier alpha value is -2.27. The van der Waals surface area contributed by atoms with Gasteiger partial charge in [-0.15, -0.1) is 0 Å². The Morgan fingerprint density at radius 3 is 2.46 bits per heavy atom. The fourth-order valence-corrected chi connectivity index (χ4v) is 4.06. The number of aromatic amines is 1. The third-order valence-corrected chi connectivity index (χ3v) is 5.77. The molecule has 1 aliphatic rings. The smallest absolute Gasteiger partial charge is 0.175 e. The zero-order valence-electron chi connectivity index (χ0n) is 13.6. The number of fused-ring (bicyclic) bond motifs is 1. The van der Waals surface area contributed by atoms with Crippen molar-refractivity contribution in [2.24, 2.45) is 0 Å². The van der Waals surface area contributed by atoms with E-state index in [0.717, 1.165) is 40.9 Å². The van der Waals surface area contributed by atoms with E-state index in [9.17, 15) is 8.42 Å². The highest BCUT2D eigenvalue weighted by molar-refractivity contribution is 7.90. The molecule has 1 saturated heterocycles. The van der Waals surface area contributed by atoms with Gasteiger partial charge < -0.3 is 9.88 Å². The molecule has 2 heterocycles. The lowest BCUT2D eigenvalue weighted by Gasteiger charge is -2.21. The minimum Gasteiger partial charge on any atom is -0.371 e. The summed E-state index contributed by atoms with van der Waals surface area (Å²) in [5.74, 6) is 0. The van der Waals surface area contributed by atoms with Crippen molar-refractivity contribution in [3.05, 3.63) is 48.5 Å². The molecule has 4 nitrogen and oxygen atoms in total. The summed E-state index contributed by atoms with van der Waals surface area (Å²) < 4.78 is 24.0. The predicted octanol–water partition coefficient (Wildman–Crippen LogP) is 3.84. The van der Waals surface area contributed by atoms with Crippen LogP contribution in [0.1, 0.15) is 12.8 Å². The number of nitrogens with one attached hydrogen (secondary N) is 1. The van der Waals surface area contributed by atoms with E-state index in [-0.39, 0.29) is 0 Å². The first-order chi connectivity index (χ1) is 11.5. The van der Waals surface area contributed by atoms with Crippen LogP contribution in [0.15, 0.2) is 53.4 Å². The molecule has 1 fully saturated rings. The number of aromatic nitrogens is 1. The van der Waals surface area contributed by atoms with Crippen LogP contribution in [0.5, 0.6) is 0 Å². The lowest BCUT2D eigenvalue weighted by molar-refractivity contribution is 0.602. The summed E-state index contributed by atoms with van der Waals surface area (Å²) in [4.78, 5) is 6.13. The van der Waals surface area contributed by atoms with E-state index >= 15 is 0 Å². The first kappa shape index (κ1) is 15.3. The van der Waals surface area contributed by atoms with Crippen LogP contribution in [0.4, 0.5) is 5.69 Å². The van der Waals surface area contributed by atoms with Crippen molar-refractivity contribution in [2.45, 2.75) is 17.7 Å². The third kappa shape index (κ3) is 2.69. The maximum atomic E-state index is 12.0. The van der Waals surface area contributed by atoms with Crippen molar-refractivity contribution in [1.82, 2.24) is 4.98 Å². The molecule has 0 radical (unpaired) electrons. The van der Waals surface area contributed by atoms with Gasteiger partial charge >= 0.3 is 0 Å². The van der Waals surface area contributed by atoms with Crippen molar-refractivity contribution >= 4 is 26.4 Å². The SMILES string of the molecule is CS(=O)(=O)c1ccc(N2CCCC2)c(-c2cc3ccccc3[nH]2)c1. The summed E-state index contributed by atoms with van der Waals surface area (Å²) in [6, 6.07) is 15.7. The van der Waals surface area contributed by atoms with Crippen LogP contribution in [0.2, 0.25) is 0 Å². The van der Waals surface area contributed by atoms with Crippen LogP contribution in [0.25, 0.3) is 22.2 Å². The highest BCUT2D eigenvalue weighted by Gasteiger charge is 2.20. The van der Waals surface area contributed by atoms with Gasteiger partial charge in [-0.25, -0.2) is 8.42 Å². The van der Waals surface area contributed by atoms with Gasteiger partial charge in [-0.1, -0.05) is 18.2 Å². The van der Waals surface area contributed by atoms with Gasteiger partial charge in [-0.2, -0.15) is 0 Å². The molecule has 5 heteroatoms. The fourth-order valence-electron chi connectivity index (χ4n) is 3.41. The van der Waals surface area contributed by atoms with E-state index in [1.165, 1.54) is 19.1 Å². The Kier molecular flexibility index (Phi) is 3.61. The maximum Gasteiger partial charge on any atom is 0.175 e. The Balaban J connectivity index is 1.92. The minimum atomic E-state index is -3.24. The number of hydrogen-bond donors (Lipinski definition) is 1. The first-order valence-corrected chi connectivity index (χ1v) is 10.1. The molecule has 0 saturated carbocycles. The Morgan fingerprint density at radius 1 is 1.00 bits per heavy atom. The van der Waals surface area contributed by atoms with Gasteiger partial charge in [0.2, 0.25) is 0 Å². The molecule has 1 aliphatic heterocycles. The number of benzene rings is 2. The van der Waals surface area contributed by atoms with Gasteiger partial charge in [0.05, 0.1) is 4.90 Å². The zero-order valence-corrected chi connectivity index (χ0v) is 14.4. The summed E-state index contributed by atoms with van der Waals surface area (Å²) in [7, 11) is -3.24. The molecule has 0 unspecified atom stereocenters. The molecule has 0 atom stereocenters. The Labute approximate surface area is 142 Å². The molecule has 24 heavy (non-hydrogen) atoms. The monoisotopic (exact) mass is 340 g/mol. The lowest BCUT2D eigenvalue weighted by Crippen LogP contribution is -2.18. The maximum absolute atomic E-state index is 12.0. The molecule has 1 N–H and O–H groups in total. The molecular formula is C19H20N2O2S. The molecule has 124 valence electrons. The Bertz CT molecular complexity index is 966. The molecule has 2 aromatic carbocycles. The van der Waals surface area contributed by atoms with E-state index in [1.807, 2.05) is 24.3 Å². The van der Waals surface area contributed by atoms with E-state index in [0.29, 0.717) is 4.90 Å². The average molecular weight is 340 g/mol. The molecule has 3 aromatic rings. The zero-order chi connectivity index (χ0) is 16.7. The third-order valence-electron chi connectivity index (χ3n) is 4.66. The van der Waals surface area contributed by atoms with Crippen LogP contribution >= 0.6 is 0 Å². The van der Waals surface area contributed by atoms with Gasteiger partial charge in [0.25, 0.3) is 0 Å². The average Bonchev–Trinajstić information content (AvgIpc) is 3.22. The highest BCUT2D eigenvalue weighted by Crippen LogP contribution is 2.35. The standard InChI is InChI=1S/C19H20N2O2S/c1-24(22,23)15-8-9-19(21-10-4-5-11-21)16(13-15)18-12-14-6-2-3-7-17(14)20-18/h2-3,6-9,12-13,20H,4-5,10-11H2,1H3. The fraction of sp³-hybridized carbons (Fsp3) is 0.263. The summed E-state index contributed by atoms with van der Waals surface area (Å²) in [6.07, 6.45) is 3.62. The van der Waals surface area contributed by atoms with Crippen molar-refractivity contribution in [3.63, 3.8) is 0 Å². The van der Waals surface area contributed by atoms with E-state index in [1.54, 1.807) is 12.1 Å². The number of para-hydroxylation sites is 1. The van der Waals surface area contributed by atoms with Crippen molar-refractivity contribution in [2.75, 3.05) is 24.2 Å².